The van der Waals surface area contributed by atoms with E-state index in [1.807, 2.05) is 35.7 Å². The third-order valence-electron chi connectivity index (χ3n) is 5.71. The summed E-state index contributed by atoms with van der Waals surface area (Å²) in [4.78, 5) is 30.1. The number of aromatic nitrogens is 1. The van der Waals surface area contributed by atoms with Crippen LogP contribution in [-0.2, 0) is 28.8 Å². The Bertz CT molecular complexity index is 1060. The molecule has 0 bridgehead atoms. The molecule has 1 heterocycles. The van der Waals surface area contributed by atoms with Crippen molar-refractivity contribution in [3.63, 3.8) is 0 Å². The smallest absolute Gasteiger partial charge is 0.407 e. The van der Waals surface area contributed by atoms with Gasteiger partial charge in [0.25, 0.3) is 0 Å². The van der Waals surface area contributed by atoms with Crippen LogP contribution in [0.3, 0.4) is 0 Å². The fourth-order valence-corrected chi connectivity index (χ4v) is 4.48. The van der Waals surface area contributed by atoms with Crippen LogP contribution in [0.25, 0.3) is 0 Å². The second kappa shape index (κ2) is 12.3. The molecule has 0 fully saturated rings. The molecule has 0 aliphatic rings. The van der Waals surface area contributed by atoms with Gasteiger partial charge in [0.15, 0.2) is 0 Å². The van der Waals surface area contributed by atoms with Gasteiger partial charge in [0.05, 0.1) is 23.9 Å². The first-order valence-corrected chi connectivity index (χ1v) is 12.5. The Balaban J connectivity index is 1.83. The summed E-state index contributed by atoms with van der Waals surface area (Å²) < 4.78 is 4.76. The van der Waals surface area contributed by atoms with E-state index in [4.69, 9.17) is 9.72 Å². The molecule has 0 aliphatic carbocycles. The summed E-state index contributed by atoms with van der Waals surface area (Å²) in [6, 6.07) is 17.0. The highest BCUT2D eigenvalue weighted by molar-refractivity contribution is 7.09. The lowest BCUT2D eigenvalue weighted by Gasteiger charge is -2.23. The number of nitrogens with one attached hydrogen (secondary N) is 2. The number of carbonyl (C=O) groups excluding carboxylic acids is 2. The molecule has 0 radical (unpaired) electrons. The van der Waals surface area contributed by atoms with Gasteiger partial charge in [-0.1, -0.05) is 75.4 Å². The molecular formula is C27H33N3O3S. The van der Waals surface area contributed by atoms with E-state index >= 15 is 0 Å². The molecule has 0 saturated carbocycles. The molecular weight excluding hydrogens is 446 g/mol. The number of rotatable bonds is 10. The lowest BCUT2D eigenvalue weighted by Crippen LogP contribution is -2.49. The van der Waals surface area contributed by atoms with Gasteiger partial charge in [0.1, 0.15) is 6.04 Å². The first-order valence-electron chi connectivity index (χ1n) is 11.6. The molecule has 2 atom stereocenters. The van der Waals surface area contributed by atoms with Crippen molar-refractivity contribution in [2.24, 2.45) is 0 Å². The standard InChI is InChI=1S/C27H33N3O3S/c1-5-25-28-24(17-34-25)22(15-20-11-13-21(14-12-20)18(2)3)29-26(31)23(30-27(32)33-4)16-19-9-7-6-8-10-19/h6-14,17-18,22-23H,5,15-16H2,1-4H3,(H,29,31)(H,30,32). The molecule has 0 spiro atoms. The van der Waals surface area contributed by atoms with Gasteiger partial charge < -0.3 is 15.4 Å². The Labute approximate surface area is 205 Å². The molecule has 180 valence electrons. The summed E-state index contributed by atoms with van der Waals surface area (Å²) in [7, 11) is 1.29. The number of hydrogen-bond donors (Lipinski definition) is 2. The van der Waals surface area contributed by atoms with Crippen LogP contribution in [0.5, 0.6) is 0 Å². The summed E-state index contributed by atoms with van der Waals surface area (Å²) in [5, 5.41) is 8.85. The zero-order chi connectivity index (χ0) is 24.5. The maximum absolute atomic E-state index is 13.4. The molecule has 2 amide bonds. The van der Waals surface area contributed by atoms with Crippen LogP contribution >= 0.6 is 11.3 Å². The van der Waals surface area contributed by atoms with Crippen LogP contribution in [0.15, 0.2) is 60.0 Å². The molecule has 0 aliphatic heterocycles. The largest absolute Gasteiger partial charge is 0.453 e. The van der Waals surface area contributed by atoms with Crippen molar-refractivity contribution in [2.45, 2.75) is 58.0 Å². The van der Waals surface area contributed by atoms with Gasteiger partial charge in [-0.2, -0.15) is 0 Å². The lowest BCUT2D eigenvalue weighted by molar-refractivity contribution is -0.123. The van der Waals surface area contributed by atoms with E-state index in [-0.39, 0.29) is 11.9 Å². The molecule has 2 N–H and O–H groups in total. The number of benzene rings is 2. The second-order valence-electron chi connectivity index (χ2n) is 8.56. The third-order valence-corrected chi connectivity index (χ3v) is 6.72. The van der Waals surface area contributed by atoms with Gasteiger partial charge in [0, 0.05) is 11.8 Å². The first-order chi connectivity index (χ1) is 16.4. The van der Waals surface area contributed by atoms with Gasteiger partial charge in [-0.15, -0.1) is 11.3 Å². The van der Waals surface area contributed by atoms with Crippen LogP contribution in [0, 0.1) is 0 Å². The van der Waals surface area contributed by atoms with E-state index < -0.39 is 12.1 Å². The van der Waals surface area contributed by atoms with Crippen molar-refractivity contribution in [2.75, 3.05) is 7.11 Å². The van der Waals surface area contributed by atoms with Crippen molar-refractivity contribution in [3.05, 3.63) is 87.4 Å². The van der Waals surface area contributed by atoms with Gasteiger partial charge >= 0.3 is 6.09 Å². The monoisotopic (exact) mass is 479 g/mol. The Hall–Kier alpha value is -3.19. The summed E-state index contributed by atoms with van der Waals surface area (Å²) in [5.74, 6) is 0.183. The molecule has 2 aromatic carbocycles. The number of ether oxygens (including phenoxy) is 1. The Morgan fingerprint density at radius 1 is 0.971 bits per heavy atom. The number of nitrogens with zero attached hydrogens (tertiary/aromatic N) is 1. The third kappa shape index (κ3) is 7.15. The van der Waals surface area contributed by atoms with E-state index in [2.05, 4.69) is 55.7 Å². The zero-order valence-electron chi connectivity index (χ0n) is 20.2. The van der Waals surface area contributed by atoms with E-state index in [9.17, 15) is 9.59 Å². The topological polar surface area (TPSA) is 80.3 Å². The quantitative estimate of drug-likeness (QED) is 0.419. The predicted molar refractivity (Wildman–Crippen MR) is 136 cm³/mol. The van der Waals surface area contributed by atoms with Crippen LogP contribution in [-0.4, -0.2) is 30.1 Å². The fourth-order valence-electron chi connectivity index (χ4n) is 3.68. The fraction of sp³-hybridized carbons (Fsp3) is 0.370. The number of alkyl carbamates (subject to hydrolysis) is 1. The van der Waals surface area contributed by atoms with Crippen LogP contribution in [0.4, 0.5) is 4.79 Å². The van der Waals surface area contributed by atoms with E-state index in [0.717, 1.165) is 28.2 Å². The van der Waals surface area contributed by atoms with Gasteiger partial charge in [-0.05, 0) is 35.4 Å². The van der Waals surface area contributed by atoms with Gasteiger partial charge in [-0.3, -0.25) is 4.79 Å². The first kappa shape index (κ1) is 25.4. The molecule has 3 rings (SSSR count). The van der Waals surface area contributed by atoms with Crippen molar-refractivity contribution < 1.29 is 14.3 Å². The van der Waals surface area contributed by atoms with Gasteiger partial charge in [0.2, 0.25) is 5.91 Å². The highest BCUT2D eigenvalue weighted by atomic mass is 32.1. The predicted octanol–water partition coefficient (Wildman–Crippen LogP) is 5.20. The molecule has 2 unspecified atom stereocenters. The summed E-state index contributed by atoms with van der Waals surface area (Å²) >= 11 is 1.60. The minimum atomic E-state index is -0.773. The number of carbonyl (C=O) groups is 2. The minimum absolute atomic E-state index is 0.274. The van der Waals surface area contributed by atoms with Crippen molar-refractivity contribution in [1.29, 1.82) is 0 Å². The van der Waals surface area contributed by atoms with E-state index in [1.54, 1.807) is 11.3 Å². The van der Waals surface area contributed by atoms with E-state index in [1.165, 1.54) is 12.7 Å². The average Bonchev–Trinajstić information content (AvgIpc) is 3.33. The number of aryl methyl sites for hydroxylation is 1. The van der Waals surface area contributed by atoms with Crippen molar-refractivity contribution >= 4 is 23.3 Å². The zero-order valence-corrected chi connectivity index (χ0v) is 21.0. The minimum Gasteiger partial charge on any atom is -0.453 e. The summed E-state index contributed by atoms with van der Waals surface area (Å²) in [6.45, 7) is 6.40. The molecule has 3 aromatic rings. The maximum Gasteiger partial charge on any atom is 0.407 e. The Morgan fingerprint density at radius 2 is 1.65 bits per heavy atom. The molecule has 7 heteroatoms. The normalized spacial score (nSPS) is 12.7. The van der Waals surface area contributed by atoms with Gasteiger partial charge in [-0.25, -0.2) is 9.78 Å². The average molecular weight is 480 g/mol. The summed E-state index contributed by atoms with van der Waals surface area (Å²) in [5.41, 5.74) is 4.17. The SMILES string of the molecule is CCc1nc(C(Cc2ccc(C(C)C)cc2)NC(=O)C(Cc2ccccc2)NC(=O)OC)cs1. The lowest BCUT2D eigenvalue weighted by atomic mass is 9.98. The Kier molecular flexibility index (Phi) is 9.22. The highest BCUT2D eigenvalue weighted by Gasteiger charge is 2.26. The number of hydrogen-bond acceptors (Lipinski definition) is 5. The maximum atomic E-state index is 13.4. The van der Waals surface area contributed by atoms with Crippen molar-refractivity contribution in [1.82, 2.24) is 15.6 Å². The van der Waals surface area contributed by atoms with Crippen LogP contribution < -0.4 is 10.6 Å². The molecule has 34 heavy (non-hydrogen) atoms. The van der Waals surface area contributed by atoms with Crippen LogP contribution in [0.1, 0.15) is 60.1 Å². The van der Waals surface area contributed by atoms with Crippen molar-refractivity contribution in [3.8, 4) is 0 Å². The molecule has 0 saturated heterocycles. The summed E-state index contributed by atoms with van der Waals surface area (Å²) in [6.07, 6.45) is 1.16. The molecule has 1 aromatic heterocycles. The number of amides is 2. The number of methoxy groups -OCH3 is 1. The highest BCUT2D eigenvalue weighted by Crippen LogP contribution is 2.23. The second-order valence-corrected chi connectivity index (χ2v) is 9.50. The number of thiazole rings is 1. The van der Waals surface area contributed by atoms with Crippen LogP contribution in [0.2, 0.25) is 0 Å². The van der Waals surface area contributed by atoms with E-state index in [0.29, 0.717) is 18.8 Å². The molecule has 6 nitrogen and oxygen atoms in total. The Morgan fingerprint density at radius 3 is 2.24 bits per heavy atom.